The number of carbonyl (C=O) groups is 2. The van der Waals surface area contributed by atoms with Gasteiger partial charge in [-0.1, -0.05) is 108 Å². The molecule has 0 unspecified atom stereocenters. The van der Waals surface area contributed by atoms with Crippen LogP contribution in [0.4, 0.5) is 5.69 Å². The highest BCUT2D eigenvalue weighted by molar-refractivity contribution is 7.92. The molecule has 4 aromatic rings. The molecule has 50 heavy (non-hydrogen) atoms. The molecule has 12 heteroatoms. The number of nitrogens with one attached hydrogen (secondary N) is 1. The monoisotopic (exact) mass is 755 g/mol. The number of hydrogen-bond acceptors (Lipinski definition) is 5. The predicted octanol–water partition coefficient (Wildman–Crippen LogP) is 8.25. The number of ether oxygens (including phenoxy) is 1. The summed E-state index contributed by atoms with van der Waals surface area (Å²) >= 11 is 19.3. The lowest BCUT2D eigenvalue weighted by Gasteiger charge is -2.35. The Morgan fingerprint density at radius 1 is 0.880 bits per heavy atom. The van der Waals surface area contributed by atoms with E-state index in [2.05, 4.69) is 5.32 Å². The van der Waals surface area contributed by atoms with E-state index in [1.165, 1.54) is 36.3 Å². The molecule has 1 fully saturated rings. The highest BCUT2D eigenvalue weighted by Gasteiger charge is 2.36. The highest BCUT2D eigenvalue weighted by atomic mass is 35.5. The molecule has 0 aliphatic heterocycles. The van der Waals surface area contributed by atoms with Crippen LogP contribution in [0.1, 0.15) is 48.8 Å². The molecule has 0 spiro atoms. The van der Waals surface area contributed by atoms with E-state index < -0.39 is 28.5 Å². The van der Waals surface area contributed by atoms with Crippen molar-refractivity contribution < 1.29 is 22.7 Å². The first-order valence-electron chi connectivity index (χ1n) is 16.5. The van der Waals surface area contributed by atoms with Gasteiger partial charge in [-0.25, -0.2) is 8.42 Å². The summed E-state index contributed by atoms with van der Waals surface area (Å²) in [6.07, 6.45) is 5.01. The third kappa shape index (κ3) is 9.31. The minimum absolute atomic E-state index is 0.00832. The maximum atomic E-state index is 14.8. The number of sulfonamides is 1. The van der Waals surface area contributed by atoms with Crippen LogP contribution in [0, 0.1) is 6.92 Å². The first kappa shape index (κ1) is 37.5. The van der Waals surface area contributed by atoms with Crippen LogP contribution in [0.3, 0.4) is 0 Å². The molecule has 1 atom stereocenters. The molecule has 5 rings (SSSR count). The van der Waals surface area contributed by atoms with E-state index in [1.807, 2.05) is 37.3 Å². The van der Waals surface area contributed by atoms with E-state index in [0.717, 1.165) is 47.5 Å². The summed E-state index contributed by atoms with van der Waals surface area (Å²) in [6.45, 7) is 1.14. The number of hydrogen-bond donors (Lipinski definition) is 1. The summed E-state index contributed by atoms with van der Waals surface area (Å²) in [5, 5.41) is 4.10. The SMILES string of the molecule is COc1ccc(N(CC(=O)N(Cc2ccc(Cl)cc2Cl)[C@@H](Cc2ccccc2)C(=O)NC2CCCCC2)S(=O)(=O)c2ccc(C)cc2)cc1Cl. The van der Waals surface area contributed by atoms with Crippen LogP contribution >= 0.6 is 34.8 Å². The van der Waals surface area contributed by atoms with E-state index >= 15 is 0 Å². The molecule has 1 N–H and O–H groups in total. The topological polar surface area (TPSA) is 96.0 Å². The van der Waals surface area contributed by atoms with Crippen LogP contribution in [0.25, 0.3) is 0 Å². The van der Waals surface area contributed by atoms with Crippen molar-refractivity contribution in [2.45, 2.75) is 69.0 Å². The number of carbonyl (C=O) groups excluding carboxylic acids is 2. The molecule has 4 aromatic carbocycles. The standard InChI is InChI=1S/C38H40Cl3N3O5S/c1-26-13-18-32(19-14-26)50(47,48)44(31-17-20-36(49-2)34(41)23-31)25-37(45)43(24-28-15-16-29(39)22-33(28)40)35(21-27-9-5-3-6-10-27)38(46)42-30-11-7-4-8-12-30/h3,5-6,9-10,13-20,22-23,30,35H,4,7-8,11-12,21,24-25H2,1-2H3,(H,42,46)/t35-/m0/s1. The number of benzene rings is 4. The van der Waals surface area contributed by atoms with E-state index in [-0.39, 0.29) is 40.5 Å². The van der Waals surface area contributed by atoms with Crippen LogP contribution in [0.5, 0.6) is 5.75 Å². The van der Waals surface area contributed by atoms with Gasteiger partial charge in [0.15, 0.2) is 0 Å². The molecule has 1 aliphatic carbocycles. The van der Waals surface area contributed by atoms with Crippen LogP contribution in [-0.4, -0.2) is 50.9 Å². The Morgan fingerprint density at radius 2 is 1.58 bits per heavy atom. The molecule has 0 radical (unpaired) electrons. The molecule has 1 aliphatic rings. The minimum atomic E-state index is -4.31. The van der Waals surface area contributed by atoms with Gasteiger partial charge in [0, 0.05) is 29.1 Å². The number of rotatable bonds is 13. The van der Waals surface area contributed by atoms with Crippen LogP contribution in [0.2, 0.25) is 15.1 Å². The zero-order valence-corrected chi connectivity index (χ0v) is 31.0. The molecule has 0 bridgehead atoms. The van der Waals surface area contributed by atoms with Gasteiger partial charge < -0.3 is 15.0 Å². The van der Waals surface area contributed by atoms with E-state index in [9.17, 15) is 18.0 Å². The number of anilines is 1. The van der Waals surface area contributed by atoms with Gasteiger partial charge in [0.25, 0.3) is 10.0 Å². The van der Waals surface area contributed by atoms with E-state index in [4.69, 9.17) is 39.5 Å². The quantitative estimate of drug-likeness (QED) is 0.148. The number of nitrogens with zero attached hydrogens (tertiary/aromatic N) is 2. The molecular weight excluding hydrogens is 717 g/mol. The van der Waals surface area contributed by atoms with Crippen molar-refractivity contribution in [2.75, 3.05) is 18.0 Å². The Morgan fingerprint density at radius 3 is 2.22 bits per heavy atom. The summed E-state index contributed by atoms with van der Waals surface area (Å²) in [5.41, 5.74) is 2.41. The molecular formula is C38H40Cl3N3O5S. The van der Waals surface area contributed by atoms with Gasteiger partial charge in [-0.05, 0) is 73.4 Å². The van der Waals surface area contributed by atoms with Gasteiger partial charge in [-0.15, -0.1) is 0 Å². The minimum Gasteiger partial charge on any atom is -0.495 e. The maximum absolute atomic E-state index is 14.8. The Hall–Kier alpha value is -3.76. The summed E-state index contributed by atoms with van der Waals surface area (Å²) in [6, 6.07) is 24.2. The molecule has 0 heterocycles. The Bertz CT molecular complexity index is 1900. The van der Waals surface area contributed by atoms with Crippen molar-refractivity contribution in [3.05, 3.63) is 123 Å². The fourth-order valence-electron chi connectivity index (χ4n) is 6.11. The fraction of sp³-hybridized carbons (Fsp3) is 0.316. The average Bonchev–Trinajstić information content (AvgIpc) is 3.10. The zero-order valence-electron chi connectivity index (χ0n) is 27.9. The van der Waals surface area contributed by atoms with Crippen molar-refractivity contribution in [3.63, 3.8) is 0 Å². The van der Waals surface area contributed by atoms with Crippen LogP contribution in [0.15, 0.2) is 95.9 Å². The summed E-state index contributed by atoms with van der Waals surface area (Å²) in [5.74, 6) is -0.589. The normalized spacial score (nSPS) is 14.1. The first-order valence-corrected chi connectivity index (χ1v) is 19.0. The summed E-state index contributed by atoms with van der Waals surface area (Å²) < 4.78 is 35.0. The molecule has 1 saturated carbocycles. The molecule has 0 aromatic heterocycles. The van der Waals surface area contributed by atoms with Crippen LogP contribution < -0.4 is 14.4 Å². The third-order valence-electron chi connectivity index (χ3n) is 8.89. The summed E-state index contributed by atoms with van der Waals surface area (Å²) in [7, 11) is -2.85. The van der Waals surface area contributed by atoms with Crippen molar-refractivity contribution in [1.29, 1.82) is 0 Å². The molecule has 0 saturated heterocycles. The van der Waals surface area contributed by atoms with Crippen molar-refractivity contribution >= 4 is 62.3 Å². The lowest BCUT2D eigenvalue weighted by Crippen LogP contribution is -2.55. The van der Waals surface area contributed by atoms with Gasteiger partial charge >= 0.3 is 0 Å². The van der Waals surface area contributed by atoms with Crippen LogP contribution in [-0.2, 0) is 32.6 Å². The summed E-state index contributed by atoms with van der Waals surface area (Å²) in [4.78, 5) is 30.5. The Labute approximate surface area is 309 Å². The highest BCUT2D eigenvalue weighted by Crippen LogP contribution is 2.33. The predicted molar refractivity (Wildman–Crippen MR) is 200 cm³/mol. The number of halogens is 3. The number of aryl methyl sites for hydroxylation is 1. The van der Waals surface area contributed by atoms with Gasteiger partial charge in [-0.3, -0.25) is 13.9 Å². The average molecular weight is 757 g/mol. The van der Waals surface area contributed by atoms with Crippen molar-refractivity contribution in [2.24, 2.45) is 0 Å². The zero-order chi connectivity index (χ0) is 35.8. The third-order valence-corrected chi connectivity index (χ3v) is 11.6. The second-order valence-electron chi connectivity index (χ2n) is 12.4. The maximum Gasteiger partial charge on any atom is 0.264 e. The van der Waals surface area contributed by atoms with Gasteiger partial charge in [-0.2, -0.15) is 0 Å². The Kier molecular flexibility index (Phi) is 12.7. The van der Waals surface area contributed by atoms with E-state index in [1.54, 1.807) is 36.4 Å². The number of amides is 2. The largest absolute Gasteiger partial charge is 0.495 e. The molecule has 264 valence electrons. The van der Waals surface area contributed by atoms with Gasteiger partial charge in [0.05, 0.1) is 22.7 Å². The smallest absolute Gasteiger partial charge is 0.264 e. The van der Waals surface area contributed by atoms with Crippen molar-refractivity contribution in [1.82, 2.24) is 10.2 Å². The molecule has 2 amide bonds. The fourth-order valence-corrected chi connectivity index (χ4v) is 8.23. The van der Waals surface area contributed by atoms with Gasteiger partial charge in [0.1, 0.15) is 18.3 Å². The lowest BCUT2D eigenvalue weighted by molar-refractivity contribution is -0.140. The second kappa shape index (κ2) is 17.0. The van der Waals surface area contributed by atoms with Gasteiger partial charge in [0.2, 0.25) is 11.8 Å². The Balaban J connectivity index is 1.60. The second-order valence-corrected chi connectivity index (χ2v) is 15.6. The first-order chi connectivity index (χ1) is 24.0. The molecule has 8 nitrogen and oxygen atoms in total. The van der Waals surface area contributed by atoms with Crippen molar-refractivity contribution in [3.8, 4) is 5.75 Å². The number of methoxy groups -OCH3 is 1. The van der Waals surface area contributed by atoms with E-state index in [0.29, 0.717) is 21.4 Å². The lowest BCUT2D eigenvalue weighted by atomic mass is 9.94.